The monoisotopic (exact) mass is 714 g/mol. The van der Waals surface area contributed by atoms with Crippen molar-refractivity contribution in [2.75, 3.05) is 0 Å². The minimum absolute atomic E-state index is 0.0718. The molecule has 51 heavy (non-hydrogen) atoms. The van der Waals surface area contributed by atoms with Crippen LogP contribution in [0.2, 0.25) is 0 Å². The highest BCUT2D eigenvalue weighted by Crippen LogP contribution is 2.41. The number of hydrogen-bond acceptors (Lipinski definition) is 14. The van der Waals surface area contributed by atoms with Gasteiger partial charge in [-0.2, -0.15) is 0 Å². The lowest BCUT2D eigenvalue weighted by Crippen LogP contribution is -2.63. The van der Waals surface area contributed by atoms with Crippen molar-refractivity contribution in [2.24, 2.45) is 0 Å². The van der Waals surface area contributed by atoms with Crippen LogP contribution in [-0.2, 0) is 27.1 Å². The van der Waals surface area contributed by atoms with E-state index in [0.717, 1.165) is 17.4 Å². The zero-order valence-electron chi connectivity index (χ0n) is 29.2. The van der Waals surface area contributed by atoms with Crippen molar-refractivity contribution >= 4 is 11.0 Å². The predicted molar refractivity (Wildman–Crippen MR) is 183 cm³/mol. The van der Waals surface area contributed by atoms with Crippen LogP contribution in [0, 0.1) is 0 Å². The Kier molecular flexibility index (Phi) is 11.5. The fourth-order valence-electron chi connectivity index (χ4n) is 6.14. The molecule has 3 heterocycles. The first-order valence-corrected chi connectivity index (χ1v) is 16.7. The van der Waals surface area contributed by atoms with Gasteiger partial charge in [-0.25, -0.2) is 0 Å². The van der Waals surface area contributed by atoms with Crippen molar-refractivity contribution in [3.05, 3.63) is 69.1 Å². The Bertz CT molecular complexity index is 1860. The van der Waals surface area contributed by atoms with Crippen LogP contribution in [0.25, 0.3) is 22.1 Å². The van der Waals surface area contributed by atoms with Crippen LogP contribution in [0.3, 0.4) is 0 Å². The summed E-state index contributed by atoms with van der Waals surface area (Å²) in [6.45, 7) is 10.4. The van der Waals surface area contributed by atoms with Gasteiger partial charge in [0, 0.05) is 22.8 Å². The molecule has 0 spiro atoms. The lowest BCUT2D eigenvalue weighted by Gasteiger charge is -2.45. The Labute approximate surface area is 294 Å². The number of aliphatic hydroxyl groups excluding tert-OH is 5. The molecule has 1 aromatic heterocycles. The van der Waals surface area contributed by atoms with Gasteiger partial charge in [0.05, 0.1) is 17.8 Å². The van der Waals surface area contributed by atoms with Crippen LogP contribution >= 0.6 is 0 Å². The summed E-state index contributed by atoms with van der Waals surface area (Å²) in [6, 6.07) is 3.98. The molecule has 2 aliphatic heterocycles. The second kappa shape index (κ2) is 15.3. The molecule has 2 aliphatic rings. The molecular weight excluding hydrogens is 668 g/mol. The lowest BCUT2D eigenvalue weighted by molar-refractivity contribution is -0.345. The van der Waals surface area contributed by atoms with Crippen molar-refractivity contribution in [2.45, 2.75) is 116 Å². The van der Waals surface area contributed by atoms with E-state index < -0.39 is 66.8 Å². The van der Waals surface area contributed by atoms with Gasteiger partial charge in [-0.15, -0.1) is 0 Å². The van der Waals surface area contributed by atoms with Gasteiger partial charge in [-0.05, 0) is 66.5 Å². The minimum Gasteiger partial charge on any atom is -0.508 e. The van der Waals surface area contributed by atoms with E-state index >= 15 is 0 Å². The Balaban J connectivity index is 1.56. The summed E-state index contributed by atoms with van der Waals surface area (Å²) in [5.74, 6) is -0.993. The van der Waals surface area contributed by atoms with Gasteiger partial charge in [0.15, 0.2) is 6.29 Å². The fourth-order valence-corrected chi connectivity index (χ4v) is 6.14. The normalized spacial score (nSPS) is 29.5. The summed E-state index contributed by atoms with van der Waals surface area (Å²) < 4.78 is 29.2. The third kappa shape index (κ3) is 7.64. The molecule has 14 nitrogen and oxygen atoms in total. The van der Waals surface area contributed by atoms with Crippen molar-refractivity contribution in [1.82, 2.24) is 0 Å². The van der Waals surface area contributed by atoms with Crippen molar-refractivity contribution in [1.29, 1.82) is 0 Å². The van der Waals surface area contributed by atoms with Crippen molar-refractivity contribution in [3.8, 4) is 34.1 Å². The number of allylic oxidation sites excluding steroid dienone is 4. The Morgan fingerprint density at radius 2 is 1.35 bits per heavy atom. The minimum atomic E-state index is -1.82. The topological polar surface area (TPSA) is 229 Å². The smallest absolute Gasteiger partial charge is 0.229 e. The number of phenols is 3. The predicted octanol–water partition coefficient (Wildman–Crippen LogP) is 2.65. The number of aliphatic hydroxyl groups is 5. The van der Waals surface area contributed by atoms with Gasteiger partial charge in [-0.1, -0.05) is 23.3 Å². The van der Waals surface area contributed by atoms with E-state index in [9.17, 15) is 45.6 Å². The number of phenolic OH excluding ortho intramolecular Hbond substituents is 3. The molecule has 278 valence electrons. The maximum absolute atomic E-state index is 14.3. The van der Waals surface area contributed by atoms with Gasteiger partial charge < -0.3 is 64.2 Å². The SMILES string of the molecule is CC(C)=CCc1c(O)ccc(-c2coc3cc(O)c(CC=C(C)C)c(OC4OC(C)C(OC5OC(C)C(O)C(O)C5O)C(O)C4O)c3c2=O)c1O. The summed E-state index contributed by atoms with van der Waals surface area (Å²) in [4.78, 5) is 14.3. The van der Waals surface area contributed by atoms with E-state index in [1.807, 2.05) is 33.8 Å². The zero-order chi connectivity index (χ0) is 37.5. The van der Waals surface area contributed by atoms with Gasteiger partial charge in [0.2, 0.25) is 11.7 Å². The number of ether oxygens (including phenoxy) is 4. The Hall–Kier alpha value is -3.99. The fraction of sp³-hybridized carbons (Fsp3) is 0.486. The van der Waals surface area contributed by atoms with E-state index in [4.69, 9.17) is 23.4 Å². The van der Waals surface area contributed by atoms with E-state index in [1.165, 1.54) is 32.0 Å². The third-order valence-corrected chi connectivity index (χ3v) is 9.19. The molecule has 8 N–H and O–H groups in total. The van der Waals surface area contributed by atoms with Crippen LogP contribution in [-0.4, -0.2) is 102 Å². The molecule has 5 rings (SSSR count). The Morgan fingerprint density at radius 3 is 2.00 bits per heavy atom. The molecule has 2 aromatic carbocycles. The number of aromatic hydroxyl groups is 3. The molecule has 2 fully saturated rings. The first-order chi connectivity index (χ1) is 24.0. The Morgan fingerprint density at radius 1 is 0.745 bits per heavy atom. The first kappa shape index (κ1) is 38.2. The van der Waals surface area contributed by atoms with Gasteiger partial charge in [-0.3, -0.25) is 4.79 Å². The summed E-state index contributed by atoms with van der Waals surface area (Å²) in [5, 5.41) is 85.8. The van der Waals surface area contributed by atoms with Crippen LogP contribution in [0.15, 0.2) is 57.0 Å². The molecule has 2 saturated heterocycles. The summed E-state index contributed by atoms with van der Waals surface area (Å²) in [7, 11) is 0. The van der Waals surface area contributed by atoms with E-state index in [-0.39, 0.29) is 69.1 Å². The highest BCUT2D eigenvalue weighted by molar-refractivity contribution is 5.91. The molecule has 0 saturated carbocycles. The first-order valence-electron chi connectivity index (χ1n) is 16.7. The standard InChI is InChI=1S/C37H46O14/c1-15(2)7-9-20-23(38)12-11-19(28(20)41)22-14-47-25-13-24(39)21(10-8-16(3)4)35(26(25)29(22)42)51-37-33(46)31(44)34(18(6)49-37)50-36-32(45)30(43)27(40)17(5)48-36/h7-8,11-14,17-18,27,30-34,36-41,43-46H,9-10H2,1-6H3. The maximum Gasteiger partial charge on any atom is 0.229 e. The molecule has 14 heteroatoms. The number of benzene rings is 2. The van der Waals surface area contributed by atoms with Crippen LogP contribution in [0.1, 0.15) is 52.7 Å². The van der Waals surface area contributed by atoms with Gasteiger partial charge in [0.1, 0.15) is 76.9 Å². The van der Waals surface area contributed by atoms with Crippen LogP contribution < -0.4 is 10.2 Å². The molecule has 10 atom stereocenters. The molecule has 0 bridgehead atoms. The molecule has 3 aromatic rings. The third-order valence-electron chi connectivity index (χ3n) is 9.19. The lowest BCUT2D eigenvalue weighted by atomic mass is 9.96. The molecule has 0 radical (unpaired) electrons. The average Bonchev–Trinajstić information content (AvgIpc) is 3.06. The van der Waals surface area contributed by atoms with E-state index in [2.05, 4.69) is 0 Å². The number of fused-ring (bicyclic) bond motifs is 1. The summed E-state index contributed by atoms with van der Waals surface area (Å²) in [5.41, 5.74) is 1.41. The van der Waals surface area contributed by atoms with Crippen LogP contribution in [0.5, 0.6) is 23.0 Å². The van der Waals surface area contributed by atoms with E-state index in [0.29, 0.717) is 0 Å². The number of hydrogen-bond donors (Lipinski definition) is 8. The molecule has 0 aliphatic carbocycles. The second-order valence-electron chi connectivity index (χ2n) is 13.6. The largest absolute Gasteiger partial charge is 0.508 e. The molecule has 10 unspecified atom stereocenters. The van der Waals surface area contributed by atoms with E-state index in [1.54, 1.807) is 6.08 Å². The van der Waals surface area contributed by atoms with Gasteiger partial charge >= 0.3 is 0 Å². The second-order valence-corrected chi connectivity index (χ2v) is 13.6. The maximum atomic E-state index is 14.3. The van der Waals surface area contributed by atoms with Gasteiger partial charge in [0.25, 0.3) is 0 Å². The quantitative estimate of drug-likeness (QED) is 0.149. The number of rotatable bonds is 9. The molecule has 0 amide bonds. The summed E-state index contributed by atoms with van der Waals surface area (Å²) >= 11 is 0. The molecular formula is C37H46O14. The highest BCUT2D eigenvalue weighted by atomic mass is 16.7. The van der Waals surface area contributed by atoms with Crippen molar-refractivity contribution in [3.63, 3.8) is 0 Å². The van der Waals surface area contributed by atoms with Crippen LogP contribution in [0.4, 0.5) is 0 Å². The summed E-state index contributed by atoms with van der Waals surface area (Å²) in [6.07, 6.45) is -9.58. The zero-order valence-corrected chi connectivity index (χ0v) is 29.2. The van der Waals surface area contributed by atoms with Crippen molar-refractivity contribution < 1.29 is 64.2 Å². The highest BCUT2D eigenvalue weighted by Gasteiger charge is 2.49. The average molecular weight is 715 g/mol.